The van der Waals surface area contributed by atoms with Gasteiger partial charge in [-0.25, -0.2) is 0 Å². The van der Waals surface area contributed by atoms with Gasteiger partial charge in [0.2, 0.25) is 0 Å². The van der Waals surface area contributed by atoms with E-state index < -0.39 is 17.7 Å². The summed E-state index contributed by atoms with van der Waals surface area (Å²) in [7, 11) is 1.59. The Morgan fingerprint density at radius 3 is 2.35 bits per heavy atom. The van der Waals surface area contributed by atoms with Crippen LogP contribution in [0.25, 0.3) is 5.76 Å². The zero-order valence-electron chi connectivity index (χ0n) is 18.4. The number of aliphatic hydroxyl groups is 1. The van der Waals surface area contributed by atoms with E-state index in [1.54, 1.807) is 30.2 Å². The van der Waals surface area contributed by atoms with Crippen molar-refractivity contribution >= 4 is 17.4 Å². The van der Waals surface area contributed by atoms with E-state index in [2.05, 4.69) is 6.92 Å². The Kier molecular flexibility index (Phi) is 5.86. The minimum absolute atomic E-state index is 0.0233. The smallest absolute Gasteiger partial charge is 0.295 e. The van der Waals surface area contributed by atoms with Crippen molar-refractivity contribution in [3.05, 3.63) is 70.3 Å². The SMILES string of the molecule is CCc1ccc(C2/C(=C(/O)c3ccc(OC)c(C)c3)C(=O)C(=O)N2C2CCCC2)cc1. The van der Waals surface area contributed by atoms with E-state index in [0.717, 1.165) is 43.2 Å². The molecular formula is C26H29NO4. The Labute approximate surface area is 183 Å². The standard InChI is InChI=1S/C26H29NO4/c1-4-17-9-11-18(12-10-17)23-22(24(28)19-13-14-21(31-3)16(2)15-19)25(29)26(30)27(23)20-7-5-6-8-20/h9-15,20,23,28H,4-8H2,1-3H3/b24-22-. The molecule has 5 heteroatoms. The fourth-order valence-electron chi connectivity index (χ4n) is 4.85. The lowest BCUT2D eigenvalue weighted by atomic mass is 9.93. The fraction of sp³-hybridized carbons (Fsp3) is 0.385. The van der Waals surface area contributed by atoms with Crippen molar-refractivity contribution in [2.45, 2.75) is 58.0 Å². The van der Waals surface area contributed by atoms with E-state index in [1.807, 2.05) is 31.2 Å². The summed E-state index contributed by atoms with van der Waals surface area (Å²) in [6.07, 6.45) is 4.78. The van der Waals surface area contributed by atoms with Crippen LogP contribution in [-0.4, -0.2) is 34.8 Å². The van der Waals surface area contributed by atoms with Crippen molar-refractivity contribution in [1.82, 2.24) is 4.90 Å². The Bertz CT molecular complexity index is 1030. The van der Waals surface area contributed by atoms with E-state index in [9.17, 15) is 14.7 Å². The maximum absolute atomic E-state index is 13.2. The van der Waals surface area contributed by atoms with Crippen molar-refractivity contribution in [2.24, 2.45) is 0 Å². The molecule has 2 aromatic rings. The number of amides is 1. The van der Waals surface area contributed by atoms with Crippen LogP contribution in [0.1, 0.15) is 60.9 Å². The third kappa shape index (κ3) is 3.73. The first-order valence-corrected chi connectivity index (χ1v) is 11.0. The predicted molar refractivity (Wildman–Crippen MR) is 120 cm³/mol. The van der Waals surface area contributed by atoms with Gasteiger partial charge in [-0.2, -0.15) is 0 Å². The van der Waals surface area contributed by atoms with Crippen molar-refractivity contribution in [3.63, 3.8) is 0 Å². The summed E-state index contributed by atoms with van der Waals surface area (Å²) in [6.45, 7) is 3.97. The number of carbonyl (C=O) groups is 2. The van der Waals surface area contributed by atoms with Gasteiger partial charge >= 0.3 is 0 Å². The van der Waals surface area contributed by atoms with Gasteiger partial charge < -0.3 is 14.7 Å². The van der Waals surface area contributed by atoms with Gasteiger partial charge in [0.1, 0.15) is 11.5 Å². The van der Waals surface area contributed by atoms with Crippen LogP contribution in [0, 0.1) is 6.92 Å². The molecule has 1 aliphatic carbocycles. The highest BCUT2D eigenvalue weighted by Crippen LogP contribution is 2.43. The van der Waals surface area contributed by atoms with Crippen LogP contribution in [-0.2, 0) is 16.0 Å². The van der Waals surface area contributed by atoms with E-state index in [-0.39, 0.29) is 17.4 Å². The maximum atomic E-state index is 13.2. The highest BCUT2D eigenvalue weighted by Gasteiger charge is 2.49. The number of hydrogen-bond acceptors (Lipinski definition) is 4. The monoisotopic (exact) mass is 419 g/mol. The molecule has 1 unspecified atom stereocenters. The number of nitrogens with zero attached hydrogens (tertiary/aromatic N) is 1. The number of hydrogen-bond donors (Lipinski definition) is 1. The molecule has 1 amide bonds. The second-order valence-electron chi connectivity index (χ2n) is 8.42. The summed E-state index contributed by atoms with van der Waals surface area (Å²) >= 11 is 0. The molecule has 2 aliphatic rings. The van der Waals surface area contributed by atoms with Crippen LogP contribution < -0.4 is 4.74 Å². The third-order valence-electron chi connectivity index (χ3n) is 6.57. The zero-order valence-corrected chi connectivity index (χ0v) is 18.4. The second kappa shape index (κ2) is 8.58. The number of benzene rings is 2. The molecule has 1 N–H and O–H groups in total. The number of carbonyl (C=O) groups excluding carboxylic acids is 2. The van der Waals surface area contributed by atoms with Crippen LogP contribution in [0.5, 0.6) is 5.75 Å². The molecule has 0 aromatic heterocycles. The van der Waals surface area contributed by atoms with E-state index in [1.165, 1.54) is 5.56 Å². The number of ether oxygens (including phenoxy) is 1. The third-order valence-corrected chi connectivity index (χ3v) is 6.57. The van der Waals surface area contributed by atoms with E-state index >= 15 is 0 Å². The van der Waals surface area contributed by atoms with Crippen LogP contribution in [0.4, 0.5) is 0 Å². The molecule has 1 saturated heterocycles. The molecule has 0 radical (unpaired) electrons. The van der Waals surface area contributed by atoms with Crippen molar-refractivity contribution in [3.8, 4) is 5.75 Å². The number of aliphatic hydroxyl groups excluding tert-OH is 1. The first kappa shape index (κ1) is 21.2. The van der Waals surface area contributed by atoms with E-state index in [4.69, 9.17) is 4.74 Å². The van der Waals surface area contributed by atoms with Crippen molar-refractivity contribution in [1.29, 1.82) is 0 Å². The molecule has 0 spiro atoms. The topological polar surface area (TPSA) is 66.8 Å². The fourth-order valence-corrected chi connectivity index (χ4v) is 4.85. The molecule has 4 rings (SSSR count). The predicted octanol–water partition coefficient (Wildman–Crippen LogP) is 4.93. The molecule has 5 nitrogen and oxygen atoms in total. The molecule has 31 heavy (non-hydrogen) atoms. The molecule has 1 aliphatic heterocycles. The summed E-state index contributed by atoms with van der Waals surface area (Å²) in [4.78, 5) is 28.0. The molecule has 1 saturated carbocycles. The van der Waals surface area contributed by atoms with Gasteiger partial charge in [-0.3, -0.25) is 9.59 Å². The minimum Gasteiger partial charge on any atom is -0.507 e. The first-order chi connectivity index (χ1) is 15.0. The number of likely N-dealkylation sites (tertiary alicyclic amines) is 1. The first-order valence-electron chi connectivity index (χ1n) is 11.0. The van der Waals surface area contributed by atoms with Gasteiger partial charge in [0, 0.05) is 11.6 Å². The van der Waals surface area contributed by atoms with Crippen LogP contribution in [0.15, 0.2) is 48.0 Å². The zero-order chi connectivity index (χ0) is 22.1. The number of rotatable bonds is 5. The van der Waals surface area contributed by atoms with Gasteiger partial charge in [-0.05, 0) is 61.1 Å². The number of Topliss-reactive ketones (excluding diaryl/α,β-unsaturated/α-hetero) is 1. The van der Waals surface area contributed by atoms with Crippen molar-refractivity contribution < 1.29 is 19.4 Å². The van der Waals surface area contributed by atoms with Gasteiger partial charge in [0.15, 0.2) is 0 Å². The van der Waals surface area contributed by atoms with Crippen LogP contribution in [0.3, 0.4) is 0 Å². The summed E-state index contributed by atoms with van der Waals surface area (Å²) in [5, 5.41) is 11.2. The molecule has 1 atom stereocenters. The summed E-state index contributed by atoms with van der Waals surface area (Å²) in [6, 6.07) is 12.7. The number of ketones is 1. The second-order valence-corrected chi connectivity index (χ2v) is 8.42. The lowest BCUT2D eigenvalue weighted by Crippen LogP contribution is -2.37. The largest absolute Gasteiger partial charge is 0.507 e. The Morgan fingerprint density at radius 1 is 1.10 bits per heavy atom. The van der Waals surface area contributed by atoms with Crippen LogP contribution in [0.2, 0.25) is 0 Å². The molecule has 2 aromatic carbocycles. The normalized spacial score (nSPS) is 21.1. The minimum atomic E-state index is -0.609. The quantitative estimate of drug-likeness (QED) is 0.424. The Hall–Kier alpha value is -3.08. The lowest BCUT2D eigenvalue weighted by molar-refractivity contribution is -0.141. The number of aryl methyl sites for hydroxylation is 2. The van der Waals surface area contributed by atoms with Gasteiger partial charge in [0.05, 0.1) is 18.7 Å². The van der Waals surface area contributed by atoms with Gasteiger partial charge in [-0.15, -0.1) is 0 Å². The number of methoxy groups -OCH3 is 1. The average molecular weight is 420 g/mol. The Balaban J connectivity index is 1.86. The van der Waals surface area contributed by atoms with Gasteiger partial charge in [0.25, 0.3) is 11.7 Å². The highest BCUT2D eigenvalue weighted by atomic mass is 16.5. The molecule has 162 valence electrons. The van der Waals surface area contributed by atoms with Crippen molar-refractivity contribution in [2.75, 3.05) is 7.11 Å². The lowest BCUT2D eigenvalue weighted by Gasteiger charge is -2.31. The molecule has 2 fully saturated rings. The highest BCUT2D eigenvalue weighted by molar-refractivity contribution is 6.46. The summed E-state index contributed by atoms with van der Waals surface area (Å²) in [5.74, 6) is -0.547. The van der Waals surface area contributed by atoms with Gasteiger partial charge in [-0.1, -0.05) is 44.0 Å². The Morgan fingerprint density at radius 2 is 1.77 bits per heavy atom. The molecule has 0 bridgehead atoms. The molecule has 1 heterocycles. The summed E-state index contributed by atoms with van der Waals surface area (Å²) < 4.78 is 5.31. The maximum Gasteiger partial charge on any atom is 0.295 e. The van der Waals surface area contributed by atoms with Crippen LogP contribution >= 0.6 is 0 Å². The van der Waals surface area contributed by atoms with E-state index in [0.29, 0.717) is 11.3 Å². The summed E-state index contributed by atoms with van der Waals surface area (Å²) in [5.41, 5.74) is 3.58. The molecular weight excluding hydrogens is 390 g/mol. The average Bonchev–Trinajstić information content (AvgIpc) is 3.40.